The highest BCUT2D eigenvalue weighted by Gasteiger charge is 2.32. The molecule has 0 saturated heterocycles. The molecule has 0 aliphatic carbocycles. The number of hydrogen-bond donors (Lipinski definition) is 1. The third-order valence-electron chi connectivity index (χ3n) is 4.22. The van der Waals surface area contributed by atoms with Gasteiger partial charge in [-0.25, -0.2) is 13.1 Å². The van der Waals surface area contributed by atoms with Crippen molar-refractivity contribution in [2.24, 2.45) is 0 Å². The first kappa shape index (κ1) is 23.8. The lowest BCUT2D eigenvalue weighted by Gasteiger charge is -2.12. The quantitative estimate of drug-likeness (QED) is 0.479. The molecule has 1 N–H and O–H groups in total. The first-order chi connectivity index (χ1) is 15.1. The van der Waals surface area contributed by atoms with Gasteiger partial charge in [-0.15, -0.1) is 10.2 Å². The van der Waals surface area contributed by atoms with E-state index in [1.165, 1.54) is 0 Å². The van der Waals surface area contributed by atoms with Crippen LogP contribution in [0.15, 0.2) is 59.5 Å². The van der Waals surface area contributed by atoms with E-state index in [4.69, 9.17) is 21.1 Å². The van der Waals surface area contributed by atoms with Gasteiger partial charge in [0.05, 0.1) is 23.4 Å². The summed E-state index contributed by atoms with van der Waals surface area (Å²) in [6.07, 6.45) is -4.70. The van der Waals surface area contributed by atoms with Crippen molar-refractivity contribution >= 4 is 21.6 Å². The lowest BCUT2D eigenvalue weighted by molar-refractivity contribution is -0.137. The van der Waals surface area contributed by atoms with Crippen LogP contribution in [0, 0.1) is 0 Å². The van der Waals surface area contributed by atoms with Crippen molar-refractivity contribution in [1.82, 2.24) is 14.9 Å². The average molecular weight is 488 g/mol. The van der Waals surface area contributed by atoms with Gasteiger partial charge >= 0.3 is 6.18 Å². The Morgan fingerprint density at radius 1 is 1.03 bits per heavy atom. The Morgan fingerprint density at radius 2 is 1.75 bits per heavy atom. The molecule has 0 radical (unpaired) electrons. The average Bonchev–Trinajstić information content (AvgIpc) is 2.76. The lowest BCUT2D eigenvalue weighted by Crippen LogP contribution is -2.29. The minimum Gasteiger partial charge on any atom is -0.497 e. The second kappa shape index (κ2) is 9.72. The molecule has 1 heterocycles. The summed E-state index contributed by atoms with van der Waals surface area (Å²) in [6, 6.07) is 12.5. The number of nitrogens with one attached hydrogen (secondary N) is 1. The summed E-state index contributed by atoms with van der Waals surface area (Å²) in [7, 11) is -2.72. The molecular weight excluding hydrogens is 471 g/mol. The van der Waals surface area contributed by atoms with Gasteiger partial charge in [0.1, 0.15) is 17.3 Å². The van der Waals surface area contributed by atoms with Crippen molar-refractivity contribution in [3.05, 3.63) is 65.2 Å². The summed E-state index contributed by atoms with van der Waals surface area (Å²) in [6.45, 7) is -0.358. The number of alkyl halides is 3. The Kier molecular flexibility index (Phi) is 7.22. The van der Waals surface area contributed by atoms with Crippen molar-refractivity contribution in [2.45, 2.75) is 11.1 Å². The molecule has 1 aromatic heterocycles. The molecule has 0 bridgehead atoms. The van der Waals surface area contributed by atoms with E-state index in [9.17, 15) is 21.6 Å². The maximum Gasteiger partial charge on any atom is 0.416 e. The molecule has 170 valence electrons. The zero-order valence-electron chi connectivity index (χ0n) is 16.6. The minimum atomic E-state index is -4.70. The normalized spacial score (nSPS) is 11.9. The van der Waals surface area contributed by atoms with Crippen LogP contribution < -0.4 is 14.2 Å². The van der Waals surface area contributed by atoms with Gasteiger partial charge < -0.3 is 9.47 Å². The fraction of sp³-hybridized carbons (Fsp3) is 0.200. The van der Waals surface area contributed by atoms with Gasteiger partial charge in [0, 0.05) is 18.2 Å². The molecular formula is C20H17ClF3N3O4S. The van der Waals surface area contributed by atoms with Crippen molar-refractivity contribution in [3.8, 4) is 22.9 Å². The molecule has 0 aliphatic rings. The third-order valence-corrected chi connectivity index (χ3v) is 6.16. The highest BCUT2D eigenvalue weighted by Crippen LogP contribution is 2.33. The van der Waals surface area contributed by atoms with Gasteiger partial charge in [-0.3, -0.25) is 0 Å². The Bertz CT molecular complexity index is 1170. The van der Waals surface area contributed by atoms with E-state index >= 15 is 0 Å². The number of methoxy groups -OCH3 is 1. The number of ether oxygens (including phenoxy) is 2. The summed E-state index contributed by atoms with van der Waals surface area (Å²) in [5, 5.41) is 7.63. The van der Waals surface area contributed by atoms with Crippen LogP contribution in [0.4, 0.5) is 13.2 Å². The summed E-state index contributed by atoms with van der Waals surface area (Å²) in [5.74, 6) is 0.856. The minimum absolute atomic E-state index is 0.133. The number of nitrogens with zero attached hydrogens (tertiary/aromatic N) is 2. The largest absolute Gasteiger partial charge is 0.497 e. The van der Waals surface area contributed by atoms with Crippen LogP contribution >= 0.6 is 11.6 Å². The lowest BCUT2D eigenvalue weighted by atomic mass is 10.1. The van der Waals surface area contributed by atoms with Gasteiger partial charge in [-0.05, 0) is 48.5 Å². The van der Waals surface area contributed by atoms with Crippen molar-refractivity contribution in [2.75, 3.05) is 20.3 Å². The Hall–Kier alpha value is -2.89. The standard InChI is InChI=1S/C20H17ClF3N3O4S/c1-30-15-5-2-13(3-6-15)17-8-9-19(27-26-17)31-11-10-25-32(28,29)18-12-14(20(22,23)24)4-7-16(18)21/h2-9,12,25H,10-11H2,1H3. The summed E-state index contributed by atoms with van der Waals surface area (Å²) in [5.41, 5.74) is 0.293. The Morgan fingerprint density at radius 3 is 2.34 bits per heavy atom. The molecule has 0 aliphatic heterocycles. The van der Waals surface area contributed by atoms with Gasteiger partial charge in [-0.2, -0.15) is 13.2 Å². The van der Waals surface area contributed by atoms with E-state index in [0.717, 1.165) is 11.6 Å². The first-order valence-electron chi connectivity index (χ1n) is 9.07. The fourth-order valence-corrected chi connectivity index (χ4v) is 4.14. The fourth-order valence-electron chi connectivity index (χ4n) is 2.61. The predicted molar refractivity (Wildman–Crippen MR) is 111 cm³/mol. The number of halogens is 4. The molecule has 0 saturated carbocycles. The molecule has 0 spiro atoms. The Balaban J connectivity index is 1.58. The summed E-state index contributed by atoms with van der Waals surface area (Å²) < 4.78 is 75.8. The van der Waals surface area contributed by atoms with Gasteiger partial charge in [0.2, 0.25) is 15.9 Å². The molecule has 0 amide bonds. The third kappa shape index (κ3) is 5.87. The molecule has 3 aromatic rings. The maximum atomic E-state index is 12.9. The van der Waals surface area contributed by atoms with Gasteiger partial charge in [0.25, 0.3) is 0 Å². The predicted octanol–water partition coefficient (Wildman–Crippen LogP) is 4.18. The van der Waals surface area contributed by atoms with Crippen LogP contribution in [0.25, 0.3) is 11.3 Å². The number of hydrogen-bond acceptors (Lipinski definition) is 6. The van der Waals surface area contributed by atoms with E-state index in [1.807, 2.05) is 12.1 Å². The van der Waals surface area contributed by atoms with E-state index in [1.54, 1.807) is 31.4 Å². The molecule has 0 unspecified atom stereocenters. The van der Waals surface area contributed by atoms with Crippen LogP contribution in [0.2, 0.25) is 5.02 Å². The van der Waals surface area contributed by atoms with E-state index in [0.29, 0.717) is 23.6 Å². The van der Waals surface area contributed by atoms with Crippen molar-refractivity contribution in [1.29, 1.82) is 0 Å². The highest BCUT2D eigenvalue weighted by molar-refractivity contribution is 7.89. The van der Waals surface area contributed by atoms with Crippen LogP contribution in [0.3, 0.4) is 0 Å². The van der Waals surface area contributed by atoms with E-state index in [-0.39, 0.29) is 24.1 Å². The zero-order chi connectivity index (χ0) is 23.4. The van der Waals surface area contributed by atoms with Crippen LogP contribution in [-0.2, 0) is 16.2 Å². The molecule has 3 rings (SSSR count). The number of rotatable bonds is 8. The monoisotopic (exact) mass is 487 g/mol. The SMILES string of the molecule is COc1ccc(-c2ccc(OCCNS(=O)(=O)c3cc(C(F)(F)F)ccc3Cl)nn2)cc1. The number of benzene rings is 2. The van der Waals surface area contributed by atoms with E-state index < -0.39 is 26.7 Å². The highest BCUT2D eigenvalue weighted by atomic mass is 35.5. The van der Waals surface area contributed by atoms with E-state index in [2.05, 4.69) is 14.9 Å². The zero-order valence-corrected chi connectivity index (χ0v) is 18.1. The Labute approximate surface area is 187 Å². The number of aromatic nitrogens is 2. The molecule has 32 heavy (non-hydrogen) atoms. The summed E-state index contributed by atoms with van der Waals surface area (Å²) in [4.78, 5) is -0.669. The maximum absolute atomic E-state index is 12.9. The second-order valence-corrected chi connectivity index (χ2v) is 8.52. The van der Waals surface area contributed by atoms with Crippen LogP contribution in [0.5, 0.6) is 11.6 Å². The van der Waals surface area contributed by atoms with Gasteiger partial charge in [0.15, 0.2) is 0 Å². The smallest absolute Gasteiger partial charge is 0.416 e. The molecule has 0 atom stereocenters. The topological polar surface area (TPSA) is 90.4 Å². The molecule has 12 heteroatoms. The summed E-state index contributed by atoms with van der Waals surface area (Å²) >= 11 is 5.78. The number of sulfonamides is 1. The van der Waals surface area contributed by atoms with Crippen molar-refractivity contribution < 1.29 is 31.1 Å². The molecule has 2 aromatic carbocycles. The van der Waals surface area contributed by atoms with Crippen LogP contribution in [-0.4, -0.2) is 38.9 Å². The molecule has 7 nitrogen and oxygen atoms in total. The molecule has 0 fully saturated rings. The van der Waals surface area contributed by atoms with Gasteiger partial charge in [-0.1, -0.05) is 11.6 Å². The first-order valence-corrected chi connectivity index (χ1v) is 10.9. The van der Waals surface area contributed by atoms with Crippen LogP contribution in [0.1, 0.15) is 5.56 Å². The second-order valence-electron chi connectivity index (χ2n) is 6.37. The van der Waals surface area contributed by atoms with Crippen molar-refractivity contribution in [3.63, 3.8) is 0 Å².